The summed E-state index contributed by atoms with van der Waals surface area (Å²) in [5, 5.41) is 0. The summed E-state index contributed by atoms with van der Waals surface area (Å²) in [6.07, 6.45) is 3.33. The Bertz CT molecular complexity index is 686. The molecule has 22 heavy (non-hydrogen) atoms. The maximum Gasteiger partial charge on any atom is 0.227 e. The topological polar surface area (TPSA) is 49.4 Å². The van der Waals surface area contributed by atoms with Crippen LogP contribution in [-0.4, -0.2) is 24.6 Å². The van der Waals surface area contributed by atoms with Gasteiger partial charge >= 0.3 is 0 Å². The molecule has 1 N–H and O–H groups in total. The molecule has 3 atom stereocenters. The maximum atomic E-state index is 12.9. The van der Waals surface area contributed by atoms with Crippen molar-refractivity contribution in [3.05, 3.63) is 35.9 Å². The Labute approximate surface area is 132 Å². The highest BCUT2D eigenvalue weighted by Crippen LogP contribution is 2.67. The average molecular weight is 320 g/mol. The van der Waals surface area contributed by atoms with Crippen molar-refractivity contribution in [3.63, 3.8) is 0 Å². The Morgan fingerprint density at radius 1 is 1.27 bits per heavy atom. The van der Waals surface area contributed by atoms with E-state index in [4.69, 9.17) is 0 Å². The Kier molecular flexibility index (Phi) is 3.04. The molecule has 1 aliphatic heterocycles. The Morgan fingerprint density at radius 3 is 2.68 bits per heavy atom. The first kappa shape index (κ1) is 14.7. The second kappa shape index (κ2) is 4.56. The highest BCUT2D eigenvalue weighted by Gasteiger charge is 2.67. The van der Waals surface area contributed by atoms with E-state index in [2.05, 4.69) is 19.3 Å². The van der Waals surface area contributed by atoms with Crippen LogP contribution < -0.4 is 5.43 Å². The molecule has 3 aliphatic rings. The van der Waals surface area contributed by atoms with Gasteiger partial charge in [0.1, 0.15) is 0 Å². The van der Waals surface area contributed by atoms with Gasteiger partial charge in [-0.05, 0) is 36.2 Å². The number of hydrazine groups is 1. The zero-order chi connectivity index (χ0) is 15.6. The molecule has 1 spiro atoms. The van der Waals surface area contributed by atoms with E-state index in [1.54, 1.807) is 0 Å². The molecule has 3 unspecified atom stereocenters. The highest BCUT2D eigenvalue weighted by atomic mass is 32.2. The van der Waals surface area contributed by atoms with Gasteiger partial charge in [0.25, 0.3) is 0 Å². The standard InChI is InChI=1S/C17H24N2O2S/c1-16(2)14-8-9-17(16)12-22(20,21)19(18-15(17)10-14)11-13-6-4-3-5-7-13/h3-7,14-15,18H,8-12H2,1-2H3. The van der Waals surface area contributed by atoms with Gasteiger partial charge in [-0.15, -0.1) is 4.41 Å². The third kappa shape index (κ3) is 1.85. The molecule has 1 saturated heterocycles. The quantitative estimate of drug-likeness (QED) is 0.911. The molecule has 2 saturated carbocycles. The van der Waals surface area contributed by atoms with Gasteiger partial charge in [-0.1, -0.05) is 44.2 Å². The molecule has 0 radical (unpaired) electrons. The normalized spacial score (nSPS) is 38.8. The molecular weight excluding hydrogens is 296 g/mol. The SMILES string of the molecule is CC1(C)C2CCC13CS(=O)(=O)N(Cc1ccccc1)NC3C2. The monoisotopic (exact) mass is 320 g/mol. The summed E-state index contributed by atoms with van der Waals surface area (Å²) in [7, 11) is -3.27. The van der Waals surface area contributed by atoms with Crippen LogP contribution in [0.5, 0.6) is 0 Å². The number of nitrogens with zero attached hydrogens (tertiary/aromatic N) is 1. The first-order chi connectivity index (χ1) is 10.4. The smallest absolute Gasteiger partial charge is 0.227 e. The lowest BCUT2D eigenvalue weighted by Crippen LogP contribution is -2.63. The van der Waals surface area contributed by atoms with Crippen LogP contribution in [0.15, 0.2) is 30.3 Å². The van der Waals surface area contributed by atoms with Crippen LogP contribution in [0.25, 0.3) is 0 Å². The number of rotatable bonds is 2. The van der Waals surface area contributed by atoms with E-state index in [1.807, 2.05) is 30.3 Å². The summed E-state index contributed by atoms with van der Waals surface area (Å²) < 4.78 is 27.2. The van der Waals surface area contributed by atoms with Crippen molar-refractivity contribution in [2.24, 2.45) is 16.7 Å². The summed E-state index contributed by atoms with van der Waals surface area (Å²) in [6, 6.07) is 10.1. The molecule has 2 bridgehead atoms. The Morgan fingerprint density at radius 2 is 2.00 bits per heavy atom. The van der Waals surface area contributed by atoms with E-state index < -0.39 is 10.0 Å². The lowest BCUT2D eigenvalue weighted by atomic mass is 9.69. The van der Waals surface area contributed by atoms with Gasteiger partial charge in [0.15, 0.2) is 0 Å². The summed E-state index contributed by atoms with van der Waals surface area (Å²) >= 11 is 0. The molecule has 4 nitrogen and oxygen atoms in total. The van der Waals surface area contributed by atoms with Gasteiger partial charge in [0.05, 0.1) is 12.3 Å². The van der Waals surface area contributed by atoms with E-state index >= 15 is 0 Å². The number of benzene rings is 1. The van der Waals surface area contributed by atoms with Crippen LogP contribution in [0.1, 0.15) is 38.7 Å². The van der Waals surface area contributed by atoms with E-state index in [-0.39, 0.29) is 10.8 Å². The minimum absolute atomic E-state index is 0.0797. The Hall–Kier alpha value is -0.910. The van der Waals surface area contributed by atoms with Crippen LogP contribution in [0, 0.1) is 16.7 Å². The summed E-state index contributed by atoms with van der Waals surface area (Å²) in [6.45, 7) is 4.96. The molecule has 1 aromatic rings. The van der Waals surface area contributed by atoms with Gasteiger partial charge in [0.2, 0.25) is 10.0 Å². The van der Waals surface area contributed by atoms with Gasteiger partial charge in [-0.2, -0.15) is 0 Å². The first-order valence-electron chi connectivity index (χ1n) is 8.16. The minimum Gasteiger partial charge on any atom is -0.237 e. The third-order valence-corrected chi connectivity index (χ3v) is 8.46. The second-order valence-electron chi connectivity index (χ2n) is 7.78. The molecule has 5 heteroatoms. The van der Waals surface area contributed by atoms with E-state index in [0.717, 1.165) is 18.4 Å². The van der Waals surface area contributed by atoms with Crippen molar-refractivity contribution in [2.45, 2.75) is 45.7 Å². The zero-order valence-electron chi connectivity index (χ0n) is 13.2. The average Bonchev–Trinajstić information content (AvgIpc) is 2.81. The van der Waals surface area contributed by atoms with Gasteiger partial charge in [0, 0.05) is 11.5 Å². The molecule has 0 aromatic heterocycles. The highest BCUT2D eigenvalue weighted by molar-refractivity contribution is 7.89. The summed E-state index contributed by atoms with van der Waals surface area (Å²) in [5.41, 5.74) is 4.44. The number of hydrogen-bond donors (Lipinski definition) is 1. The minimum atomic E-state index is -3.27. The van der Waals surface area contributed by atoms with Crippen molar-refractivity contribution in [1.29, 1.82) is 0 Å². The number of fused-ring (bicyclic) bond motifs is 1. The fourth-order valence-corrected chi connectivity index (χ4v) is 7.31. The largest absolute Gasteiger partial charge is 0.237 e. The third-order valence-electron chi connectivity index (χ3n) is 6.67. The lowest BCUT2D eigenvalue weighted by molar-refractivity contribution is 0.0730. The van der Waals surface area contributed by atoms with E-state index in [9.17, 15) is 8.42 Å². The van der Waals surface area contributed by atoms with Gasteiger partial charge in [-0.3, -0.25) is 0 Å². The maximum absolute atomic E-state index is 12.9. The van der Waals surface area contributed by atoms with Crippen molar-refractivity contribution in [1.82, 2.24) is 9.84 Å². The van der Waals surface area contributed by atoms with Gasteiger partial charge in [-0.25, -0.2) is 13.8 Å². The molecule has 4 rings (SSSR count). The van der Waals surface area contributed by atoms with Crippen LogP contribution in [0.3, 0.4) is 0 Å². The molecular formula is C17H24N2O2S. The van der Waals surface area contributed by atoms with Crippen LogP contribution in [-0.2, 0) is 16.6 Å². The first-order valence-corrected chi connectivity index (χ1v) is 9.77. The lowest BCUT2D eigenvalue weighted by Gasteiger charge is -2.48. The van der Waals surface area contributed by atoms with Crippen LogP contribution in [0.2, 0.25) is 0 Å². The fourth-order valence-electron chi connectivity index (χ4n) is 5.15. The molecule has 2 aliphatic carbocycles. The zero-order valence-corrected chi connectivity index (χ0v) is 14.1. The van der Waals surface area contributed by atoms with Gasteiger partial charge < -0.3 is 0 Å². The van der Waals surface area contributed by atoms with Crippen LogP contribution >= 0.6 is 0 Å². The predicted octanol–water partition coefficient (Wildman–Crippen LogP) is 2.53. The van der Waals surface area contributed by atoms with Crippen molar-refractivity contribution in [3.8, 4) is 0 Å². The predicted molar refractivity (Wildman–Crippen MR) is 86.3 cm³/mol. The molecule has 1 aromatic carbocycles. The molecule has 3 fully saturated rings. The summed E-state index contributed by atoms with van der Waals surface area (Å²) in [5.74, 6) is 0.949. The molecule has 1 heterocycles. The van der Waals surface area contributed by atoms with Crippen molar-refractivity contribution >= 4 is 10.0 Å². The fraction of sp³-hybridized carbons (Fsp3) is 0.647. The second-order valence-corrected chi connectivity index (χ2v) is 9.67. The van der Waals surface area contributed by atoms with Crippen molar-refractivity contribution < 1.29 is 8.42 Å². The van der Waals surface area contributed by atoms with E-state index in [1.165, 1.54) is 10.8 Å². The van der Waals surface area contributed by atoms with E-state index in [0.29, 0.717) is 24.3 Å². The Balaban J connectivity index is 1.64. The van der Waals surface area contributed by atoms with Crippen molar-refractivity contribution in [2.75, 3.05) is 5.75 Å². The number of sulfonamides is 1. The molecule has 0 amide bonds. The number of nitrogens with one attached hydrogen (secondary N) is 1. The molecule has 120 valence electrons. The summed E-state index contributed by atoms with van der Waals surface area (Å²) in [4.78, 5) is 0. The number of hydrogen-bond acceptors (Lipinski definition) is 3. The van der Waals surface area contributed by atoms with Crippen LogP contribution in [0.4, 0.5) is 0 Å².